The lowest BCUT2D eigenvalue weighted by atomic mass is 9.76. The zero-order chi connectivity index (χ0) is 14.4. The molecule has 2 N–H and O–H groups in total. The highest BCUT2D eigenvalue weighted by molar-refractivity contribution is 5.23. The Labute approximate surface area is 125 Å². The number of hydrogen-bond donors (Lipinski definition) is 1. The minimum absolute atomic E-state index is 0.351. The highest BCUT2D eigenvalue weighted by atomic mass is 14.6. The van der Waals surface area contributed by atoms with Crippen LogP contribution in [0.1, 0.15) is 63.0 Å². The molecule has 1 aromatic carbocycles. The predicted molar refractivity (Wildman–Crippen MR) is 87.8 cm³/mol. The normalized spacial score (nSPS) is 24.6. The van der Waals surface area contributed by atoms with Crippen LogP contribution in [0.3, 0.4) is 0 Å². The average molecular weight is 273 g/mol. The molecule has 1 saturated carbocycles. The summed E-state index contributed by atoms with van der Waals surface area (Å²) in [5, 5.41) is 0. The van der Waals surface area contributed by atoms with Crippen molar-refractivity contribution in [1.29, 1.82) is 0 Å². The van der Waals surface area contributed by atoms with Crippen molar-refractivity contribution in [2.45, 2.75) is 71.3 Å². The van der Waals surface area contributed by atoms with Crippen LogP contribution < -0.4 is 5.73 Å². The Morgan fingerprint density at radius 3 is 2.60 bits per heavy atom. The molecule has 1 heteroatoms. The lowest BCUT2D eigenvalue weighted by Gasteiger charge is -2.32. The minimum atomic E-state index is 0.351. The van der Waals surface area contributed by atoms with E-state index in [1.807, 2.05) is 0 Å². The first-order chi connectivity index (χ1) is 9.69. The van der Waals surface area contributed by atoms with E-state index in [4.69, 9.17) is 5.73 Å². The van der Waals surface area contributed by atoms with E-state index in [0.29, 0.717) is 6.04 Å². The van der Waals surface area contributed by atoms with Gasteiger partial charge in [-0.05, 0) is 43.6 Å². The molecule has 1 fully saturated rings. The summed E-state index contributed by atoms with van der Waals surface area (Å²) in [6.07, 6.45) is 10.8. The first-order valence-corrected chi connectivity index (χ1v) is 8.50. The molecule has 0 bridgehead atoms. The average Bonchev–Trinajstić information content (AvgIpc) is 2.45. The van der Waals surface area contributed by atoms with Gasteiger partial charge in [0.2, 0.25) is 0 Å². The van der Waals surface area contributed by atoms with E-state index in [1.165, 1.54) is 56.1 Å². The lowest BCUT2D eigenvalue weighted by molar-refractivity contribution is 0.231. The second-order valence-corrected chi connectivity index (χ2v) is 6.78. The summed E-state index contributed by atoms with van der Waals surface area (Å²) in [4.78, 5) is 0. The van der Waals surface area contributed by atoms with Crippen molar-refractivity contribution in [3.63, 3.8) is 0 Å². The van der Waals surface area contributed by atoms with Gasteiger partial charge < -0.3 is 5.73 Å². The summed E-state index contributed by atoms with van der Waals surface area (Å²) >= 11 is 0. The van der Waals surface area contributed by atoms with Crippen LogP contribution in [0.15, 0.2) is 24.3 Å². The molecule has 1 unspecified atom stereocenters. The smallest absolute Gasteiger partial charge is 0.0108 e. The monoisotopic (exact) mass is 273 g/mol. The van der Waals surface area contributed by atoms with Crippen LogP contribution in [0.4, 0.5) is 0 Å². The quantitative estimate of drug-likeness (QED) is 0.787. The van der Waals surface area contributed by atoms with Crippen LogP contribution in [0.5, 0.6) is 0 Å². The number of rotatable bonds is 6. The third-order valence-corrected chi connectivity index (χ3v) is 5.02. The zero-order valence-electron chi connectivity index (χ0n) is 13.3. The summed E-state index contributed by atoms with van der Waals surface area (Å²) < 4.78 is 0. The Kier molecular flexibility index (Phi) is 6.09. The minimum Gasteiger partial charge on any atom is -0.327 e. The number of benzene rings is 1. The fraction of sp³-hybridized carbons (Fsp3) is 0.684. The summed E-state index contributed by atoms with van der Waals surface area (Å²) in [7, 11) is 0. The van der Waals surface area contributed by atoms with Gasteiger partial charge in [-0.1, -0.05) is 68.9 Å². The van der Waals surface area contributed by atoms with E-state index in [9.17, 15) is 0 Å². The SMILES string of the molecule is CCCCC1CCC(C(N)Cc2cccc(C)c2)CC1. The van der Waals surface area contributed by atoms with Crippen LogP contribution >= 0.6 is 0 Å². The fourth-order valence-electron chi connectivity index (χ4n) is 3.68. The molecule has 0 aliphatic heterocycles. The third-order valence-electron chi connectivity index (χ3n) is 5.02. The van der Waals surface area contributed by atoms with Crippen molar-refractivity contribution in [3.05, 3.63) is 35.4 Å². The van der Waals surface area contributed by atoms with E-state index < -0.39 is 0 Å². The van der Waals surface area contributed by atoms with Crippen molar-refractivity contribution < 1.29 is 0 Å². The van der Waals surface area contributed by atoms with Gasteiger partial charge in [-0.3, -0.25) is 0 Å². The molecule has 0 spiro atoms. The topological polar surface area (TPSA) is 26.0 Å². The highest BCUT2D eigenvalue weighted by Crippen LogP contribution is 2.33. The van der Waals surface area contributed by atoms with Crippen molar-refractivity contribution in [1.82, 2.24) is 0 Å². The van der Waals surface area contributed by atoms with E-state index >= 15 is 0 Å². The van der Waals surface area contributed by atoms with Gasteiger partial charge in [0.25, 0.3) is 0 Å². The number of hydrogen-bond acceptors (Lipinski definition) is 1. The van der Waals surface area contributed by atoms with Crippen LogP contribution in [-0.4, -0.2) is 6.04 Å². The van der Waals surface area contributed by atoms with E-state index in [0.717, 1.165) is 18.3 Å². The first-order valence-electron chi connectivity index (χ1n) is 8.50. The van der Waals surface area contributed by atoms with Crippen LogP contribution in [0.25, 0.3) is 0 Å². The van der Waals surface area contributed by atoms with E-state index in [-0.39, 0.29) is 0 Å². The van der Waals surface area contributed by atoms with E-state index in [1.54, 1.807) is 0 Å². The third kappa shape index (κ3) is 4.63. The van der Waals surface area contributed by atoms with Crippen LogP contribution in [-0.2, 0) is 6.42 Å². The van der Waals surface area contributed by atoms with Gasteiger partial charge in [0.15, 0.2) is 0 Å². The molecule has 1 aliphatic carbocycles. The molecule has 0 saturated heterocycles. The second kappa shape index (κ2) is 7.83. The number of aryl methyl sites for hydroxylation is 1. The molecule has 0 aromatic heterocycles. The molecule has 112 valence electrons. The molecular formula is C19H31N. The van der Waals surface area contributed by atoms with Crippen molar-refractivity contribution >= 4 is 0 Å². The number of unbranched alkanes of at least 4 members (excludes halogenated alkanes) is 1. The van der Waals surface area contributed by atoms with Crippen LogP contribution in [0.2, 0.25) is 0 Å². The number of nitrogens with two attached hydrogens (primary N) is 1. The first kappa shape index (κ1) is 15.6. The lowest BCUT2D eigenvalue weighted by Crippen LogP contribution is -2.35. The van der Waals surface area contributed by atoms with Gasteiger partial charge >= 0.3 is 0 Å². The Balaban J connectivity index is 1.78. The molecule has 0 amide bonds. The Morgan fingerprint density at radius 2 is 1.95 bits per heavy atom. The van der Waals surface area contributed by atoms with E-state index in [2.05, 4.69) is 38.1 Å². The Hall–Kier alpha value is -0.820. The molecule has 1 nitrogen and oxygen atoms in total. The summed E-state index contributed by atoms with van der Waals surface area (Å²) in [5.41, 5.74) is 9.23. The standard InChI is InChI=1S/C19H31N/c1-3-4-7-16-9-11-18(12-10-16)19(20)14-17-8-5-6-15(2)13-17/h5-6,8,13,16,18-19H,3-4,7,9-12,14,20H2,1-2H3. The largest absolute Gasteiger partial charge is 0.327 e. The predicted octanol–water partition coefficient (Wildman–Crippen LogP) is 4.86. The van der Waals surface area contributed by atoms with Gasteiger partial charge in [0.05, 0.1) is 0 Å². The highest BCUT2D eigenvalue weighted by Gasteiger charge is 2.25. The van der Waals surface area contributed by atoms with Gasteiger partial charge in [0.1, 0.15) is 0 Å². The zero-order valence-corrected chi connectivity index (χ0v) is 13.3. The Morgan fingerprint density at radius 1 is 1.20 bits per heavy atom. The summed E-state index contributed by atoms with van der Waals surface area (Å²) in [5.74, 6) is 1.73. The van der Waals surface area contributed by atoms with Gasteiger partial charge in [-0.25, -0.2) is 0 Å². The fourth-order valence-corrected chi connectivity index (χ4v) is 3.68. The maximum absolute atomic E-state index is 6.48. The van der Waals surface area contributed by atoms with Crippen molar-refractivity contribution in [3.8, 4) is 0 Å². The van der Waals surface area contributed by atoms with Gasteiger partial charge in [0, 0.05) is 6.04 Å². The molecule has 0 heterocycles. The maximum atomic E-state index is 6.48. The molecule has 2 rings (SSSR count). The Bertz CT molecular complexity index is 391. The molecule has 1 aliphatic rings. The molecule has 1 aromatic rings. The van der Waals surface area contributed by atoms with Crippen LogP contribution in [0, 0.1) is 18.8 Å². The van der Waals surface area contributed by atoms with Crippen molar-refractivity contribution in [2.24, 2.45) is 17.6 Å². The molecular weight excluding hydrogens is 242 g/mol. The summed E-state index contributed by atoms with van der Waals surface area (Å²) in [6.45, 7) is 4.46. The molecule has 0 radical (unpaired) electrons. The molecule has 20 heavy (non-hydrogen) atoms. The van der Waals surface area contributed by atoms with Gasteiger partial charge in [-0.15, -0.1) is 0 Å². The maximum Gasteiger partial charge on any atom is 0.0108 e. The van der Waals surface area contributed by atoms with Crippen molar-refractivity contribution in [2.75, 3.05) is 0 Å². The molecule has 1 atom stereocenters. The summed E-state index contributed by atoms with van der Waals surface area (Å²) in [6, 6.07) is 9.17. The van der Waals surface area contributed by atoms with Gasteiger partial charge in [-0.2, -0.15) is 0 Å². The second-order valence-electron chi connectivity index (χ2n) is 6.78.